The Kier molecular flexibility index (Phi) is 7.28. The lowest BCUT2D eigenvalue weighted by molar-refractivity contribution is -0.133. The van der Waals surface area contributed by atoms with Crippen molar-refractivity contribution in [2.45, 2.75) is 45.0 Å². The largest absolute Gasteiger partial charge is 0.485 e. The van der Waals surface area contributed by atoms with Crippen LogP contribution in [0.4, 0.5) is 0 Å². The fourth-order valence-corrected chi connectivity index (χ4v) is 3.41. The van der Waals surface area contributed by atoms with Crippen molar-refractivity contribution >= 4 is 33.7 Å². The number of halogens is 1. The molecule has 0 aliphatic carbocycles. The van der Waals surface area contributed by atoms with E-state index in [0.717, 1.165) is 33.1 Å². The third-order valence-corrected chi connectivity index (χ3v) is 5.51. The van der Waals surface area contributed by atoms with Crippen molar-refractivity contribution in [1.29, 1.82) is 0 Å². The Balaban J connectivity index is 2.23. The van der Waals surface area contributed by atoms with Gasteiger partial charge in [-0.3, -0.25) is 9.36 Å². The molecule has 0 aliphatic heterocycles. The van der Waals surface area contributed by atoms with Crippen LogP contribution in [0.25, 0.3) is 0 Å². The Hall–Kier alpha value is -1.80. The molecular weight excluding hydrogens is 418 g/mol. The highest BCUT2D eigenvalue weighted by Crippen LogP contribution is 2.32. The average Bonchev–Trinajstić information content (AvgIpc) is 2.95. The molecular formula is C18H22BrN3O3S. The predicted molar refractivity (Wildman–Crippen MR) is 106 cm³/mol. The molecule has 1 heterocycles. The van der Waals surface area contributed by atoms with Crippen LogP contribution >= 0.6 is 27.7 Å². The summed E-state index contributed by atoms with van der Waals surface area (Å²) in [5.74, 6) is 0.795. The minimum absolute atomic E-state index is 0.0699. The van der Waals surface area contributed by atoms with Gasteiger partial charge in [-0.25, -0.2) is 0 Å². The van der Waals surface area contributed by atoms with Gasteiger partial charge in [0.1, 0.15) is 12.4 Å². The van der Waals surface area contributed by atoms with Gasteiger partial charge in [-0.05, 0) is 36.1 Å². The summed E-state index contributed by atoms with van der Waals surface area (Å²) in [6.07, 6.45) is 1.72. The minimum atomic E-state index is -0.895. The molecule has 6 nitrogen and oxygen atoms in total. The van der Waals surface area contributed by atoms with E-state index in [0.29, 0.717) is 23.4 Å². The zero-order valence-corrected chi connectivity index (χ0v) is 17.4. The summed E-state index contributed by atoms with van der Waals surface area (Å²) in [6, 6.07) is 4.09. The third kappa shape index (κ3) is 5.11. The molecule has 1 N–H and O–H groups in total. The number of ether oxygens (including phenoxy) is 1. The van der Waals surface area contributed by atoms with E-state index < -0.39 is 5.97 Å². The highest BCUT2D eigenvalue weighted by atomic mass is 79.9. The number of nitrogens with zero attached hydrogens (tertiary/aromatic N) is 3. The van der Waals surface area contributed by atoms with Crippen molar-refractivity contribution in [2.75, 3.05) is 5.75 Å². The Morgan fingerprint density at radius 1 is 1.46 bits per heavy atom. The number of aryl methyl sites for hydroxylation is 1. The molecule has 0 aliphatic rings. The van der Waals surface area contributed by atoms with Gasteiger partial charge in [0.15, 0.2) is 11.0 Å². The lowest BCUT2D eigenvalue weighted by atomic mass is 10.0. The zero-order valence-electron chi connectivity index (χ0n) is 15.0. The molecule has 26 heavy (non-hydrogen) atoms. The highest BCUT2D eigenvalue weighted by Gasteiger charge is 2.16. The first-order valence-corrected chi connectivity index (χ1v) is 9.91. The van der Waals surface area contributed by atoms with Crippen LogP contribution < -0.4 is 4.74 Å². The summed E-state index contributed by atoms with van der Waals surface area (Å²) in [5.41, 5.74) is 2.20. The van der Waals surface area contributed by atoms with E-state index in [9.17, 15) is 4.79 Å². The normalized spacial score (nSPS) is 11.0. The number of hydrogen-bond donors (Lipinski definition) is 1. The van der Waals surface area contributed by atoms with Gasteiger partial charge < -0.3 is 9.84 Å². The van der Waals surface area contributed by atoms with Gasteiger partial charge in [0.2, 0.25) is 0 Å². The molecule has 0 fully saturated rings. The van der Waals surface area contributed by atoms with Crippen LogP contribution in [0, 0.1) is 6.92 Å². The van der Waals surface area contributed by atoms with Crippen molar-refractivity contribution < 1.29 is 14.6 Å². The van der Waals surface area contributed by atoms with E-state index in [1.54, 1.807) is 6.08 Å². The van der Waals surface area contributed by atoms with Gasteiger partial charge in [0.25, 0.3) is 0 Å². The molecule has 140 valence electrons. The SMILES string of the molecule is C=CCn1c(COc2cc(C)c(Br)cc2C(C)C)nnc1SCC(=O)O. The molecule has 1 aromatic heterocycles. The maximum atomic E-state index is 10.8. The average molecular weight is 440 g/mol. The molecule has 0 atom stereocenters. The van der Waals surface area contributed by atoms with E-state index >= 15 is 0 Å². The van der Waals surface area contributed by atoms with E-state index in [1.807, 2.05) is 17.6 Å². The maximum Gasteiger partial charge on any atom is 0.313 e. The molecule has 2 aromatic rings. The predicted octanol–water partition coefficient (Wildman–Crippen LogP) is 4.41. The Labute approximate surface area is 165 Å². The Morgan fingerprint density at radius 2 is 2.19 bits per heavy atom. The molecule has 0 amide bonds. The van der Waals surface area contributed by atoms with E-state index in [-0.39, 0.29) is 12.4 Å². The van der Waals surface area contributed by atoms with Crippen molar-refractivity contribution in [2.24, 2.45) is 0 Å². The molecule has 8 heteroatoms. The summed E-state index contributed by atoms with van der Waals surface area (Å²) >= 11 is 4.70. The van der Waals surface area contributed by atoms with Crippen molar-refractivity contribution in [3.05, 3.63) is 46.2 Å². The molecule has 0 bridgehead atoms. The maximum absolute atomic E-state index is 10.8. The van der Waals surface area contributed by atoms with E-state index in [4.69, 9.17) is 9.84 Å². The first kappa shape index (κ1) is 20.5. The second-order valence-electron chi connectivity index (χ2n) is 6.06. The summed E-state index contributed by atoms with van der Waals surface area (Å²) < 4.78 is 8.91. The van der Waals surface area contributed by atoms with Crippen LogP contribution in [0.3, 0.4) is 0 Å². The van der Waals surface area contributed by atoms with Crippen LogP contribution in [0.5, 0.6) is 5.75 Å². The number of thioether (sulfide) groups is 1. The Morgan fingerprint density at radius 3 is 2.81 bits per heavy atom. The van der Waals surface area contributed by atoms with Gasteiger partial charge in [-0.15, -0.1) is 16.8 Å². The minimum Gasteiger partial charge on any atom is -0.485 e. The number of rotatable bonds is 9. The number of carboxylic acids is 1. The molecule has 0 saturated heterocycles. The topological polar surface area (TPSA) is 77.2 Å². The second-order valence-corrected chi connectivity index (χ2v) is 7.86. The third-order valence-electron chi connectivity index (χ3n) is 3.70. The molecule has 2 rings (SSSR count). The lowest BCUT2D eigenvalue weighted by Crippen LogP contribution is -2.09. The van der Waals surface area contributed by atoms with Crippen molar-refractivity contribution in [3.8, 4) is 5.75 Å². The standard InChI is InChI=1S/C18H22BrN3O3S/c1-5-6-22-16(20-21-18(22)26-10-17(23)24)9-25-15-7-12(4)14(19)8-13(15)11(2)3/h5,7-8,11H,1,6,9-10H2,2-4H3,(H,23,24). The summed E-state index contributed by atoms with van der Waals surface area (Å²) in [7, 11) is 0. The number of allylic oxidation sites excluding steroid dienone is 1. The van der Waals surface area contributed by atoms with Gasteiger partial charge in [0.05, 0.1) is 5.75 Å². The first-order chi connectivity index (χ1) is 12.3. The zero-order chi connectivity index (χ0) is 19.3. The number of aliphatic carboxylic acids is 1. The number of carboxylic acid groups (broad SMARTS) is 1. The molecule has 0 unspecified atom stereocenters. The summed E-state index contributed by atoms with van der Waals surface area (Å²) in [6.45, 7) is 10.7. The van der Waals surface area contributed by atoms with Crippen LogP contribution in [0.2, 0.25) is 0 Å². The highest BCUT2D eigenvalue weighted by molar-refractivity contribution is 9.10. The second kappa shape index (κ2) is 9.23. The molecule has 0 spiro atoms. The van der Waals surface area contributed by atoms with Crippen molar-refractivity contribution in [1.82, 2.24) is 14.8 Å². The Bertz CT molecular complexity index is 805. The first-order valence-electron chi connectivity index (χ1n) is 8.13. The summed E-state index contributed by atoms with van der Waals surface area (Å²) in [4.78, 5) is 10.8. The number of hydrogen-bond acceptors (Lipinski definition) is 5. The van der Waals surface area contributed by atoms with Gasteiger partial charge in [0, 0.05) is 11.0 Å². The number of carbonyl (C=O) groups is 1. The molecule has 0 radical (unpaired) electrons. The smallest absolute Gasteiger partial charge is 0.313 e. The number of aromatic nitrogens is 3. The number of benzene rings is 1. The van der Waals surface area contributed by atoms with E-state index in [2.05, 4.69) is 52.6 Å². The van der Waals surface area contributed by atoms with Gasteiger partial charge >= 0.3 is 5.97 Å². The van der Waals surface area contributed by atoms with Gasteiger partial charge in [-0.1, -0.05) is 47.6 Å². The van der Waals surface area contributed by atoms with Crippen LogP contribution in [0.1, 0.15) is 36.7 Å². The van der Waals surface area contributed by atoms with E-state index in [1.165, 1.54) is 0 Å². The van der Waals surface area contributed by atoms with Crippen molar-refractivity contribution in [3.63, 3.8) is 0 Å². The lowest BCUT2D eigenvalue weighted by Gasteiger charge is -2.16. The van der Waals surface area contributed by atoms with Gasteiger partial charge in [-0.2, -0.15) is 0 Å². The quantitative estimate of drug-likeness (QED) is 0.460. The van der Waals surface area contributed by atoms with Crippen LogP contribution in [-0.4, -0.2) is 31.6 Å². The fraction of sp³-hybridized carbons (Fsp3) is 0.389. The van der Waals surface area contributed by atoms with Crippen LogP contribution in [-0.2, 0) is 17.9 Å². The summed E-state index contributed by atoms with van der Waals surface area (Å²) in [5, 5.41) is 17.6. The molecule has 1 aromatic carbocycles. The molecule has 0 saturated carbocycles. The fourth-order valence-electron chi connectivity index (χ4n) is 2.36. The monoisotopic (exact) mass is 439 g/mol. The van der Waals surface area contributed by atoms with Crippen LogP contribution in [0.15, 0.2) is 34.4 Å².